The highest BCUT2D eigenvalue weighted by Gasteiger charge is 2.30. The van der Waals surface area contributed by atoms with E-state index in [1.807, 2.05) is 0 Å². The average molecular weight is 290 g/mol. The van der Waals surface area contributed by atoms with Gasteiger partial charge in [0.2, 0.25) is 11.7 Å². The van der Waals surface area contributed by atoms with Crippen LogP contribution in [0, 0.1) is 0 Å². The van der Waals surface area contributed by atoms with Gasteiger partial charge in [0, 0.05) is 29.3 Å². The van der Waals surface area contributed by atoms with Crippen molar-refractivity contribution in [2.75, 3.05) is 7.05 Å². The van der Waals surface area contributed by atoms with Crippen LogP contribution in [0.1, 0.15) is 27.6 Å². The highest BCUT2D eigenvalue weighted by molar-refractivity contribution is 6.50. The van der Waals surface area contributed by atoms with Crippen molar-refractivity contribution in [3.05, 3.63) is 57.6 Å². The van der Waals surface area contributed by atoms with Gasteiger partial charge in [-0.3, -0.25) is 14.4 Å². The summed E-state index contributed by atoms with van der Waals surface area (Å²) in [6, 6.07) is 6.48. The lowest BCUT2D eigenvalue weighted by Gasteiger charge is -2.15. The van der Waals surface area contributed by atoms with E-state index in [4.69, 9.17) is 11.6 Å². The van der Waals surface area contributed by atoms with E-state index in [1.165, 1.54) is 13.1 Å². The Morgan fingerprint density at radius 2 is 1.70 bits per heavy atom. The standard InChI is InChI=1S/C15H12ClNO3/c1-8(15(20)17-2)7-11-12(16)14(19)10-6-4-3-5-9(10)13(11)18/h3-7H,1-2H3,(H,17,20)/b8-7+. The SMILES string of the molecule is CNC(=O)/C(C)=C/C1=C(Cl)C(=O)c2ccccc2C1=O. The first kappa shape index (κ1) is 14.2. The Labute approximate surface area is 121 Å². The third kappa shape index (κ3) is 2.30. The number of likely N-dealkylation sites (N-methyl/N-ethyl adjacent to an activating group) is 1. The smallest absolute Gasteiger partial charge is 0.246 e. The number of allylic oxidation sites excluding steroid dienone is 3. The summed E-state index contributed by atoms with van der Waals surface area (Å²) < 4.78 is 0. The largest absolute Gasteiger partial charge is 0.355 e. The Hall–Kier alpha value is -2.20. The predicted octanol–water partition coefficient (Wildman–Crippen LogP) is 2.25. The Morgan fingerprint density at radius 3 is 2.25 bits per heavy atom. The molecule has 20 heavy (non-hydrogen) atoms. The normalized spacial score (nSPS) is 15.2. The topological polar surface area (TPSA) is 63.2 Å². The predicted molar refractivity (Wildman–Crippen MR) is 75.8 cm³/mol. The molecule has 0 bridgehead atoms. The molecule has 0 saturated heterocycles. The molecule has 1 aromatic rings. The molecule has 2 rings (SSSR count). The summed E-state index contributed by atoms with van der Waals surface area (Å²) in [5.74, 6) is -1.09. The van der Waals surface area contributed by atoms with E-state index in [0.29, 0.717) is 11.1 Å². The molecule has 0 radical (unpaired) electrons. The minimum Gasteiger partial charge on any atom is -0.355 e. The molecule has 4 nitrogen and oxygen atoms in total. The zero-order chi connectivity index (χ0) is 14.9. The number of benzene rings is 1. The van der Waals surface area contributed by atoms with Crippen molar-refractivity contribution in [2.45, 2.75) is 6.92 Å². The van der Waals surface area contributed by atoms with Crippen molar-refractivity contribution in [3.8, 4) is 0 Å². The van der Waals surface area contributed by atoms with Crippen LogP contribution in [0.2, 0.25) is 0 Å². The monoisotopic (exact) mass is 289 g/mol. The second kappa shape index (κ2) is 5.43. The van der Waals surface area contributed by atoms with Crippen molar-refractivity contribution in [1.82, 2.24) is 5.32 Å². The van der Waals surface area contributed by atoms with Gasteiger partial charge >= 0.3 is 0 Å². The summed E-state index contributed by atoms with van der Waals surface area (Å²) in [5, 5.41) is 2.29. The van der Waals surface area contributed by atoms with Crippen LogP contribution in [0.4, 0.5) is 0 Å². The number of hydrogen-bond acceptors (Lipinski definition) is 3. The molecule has 0 saturated carbocycles. The number of nitrogens with one attached hydrogen (secondary N) is 1. The third-order valence-electron chi connectivity index (χ3n) is 3.04. The second-order valence-corrected chi connectivity index (χ2v) is 4.72. The molecule has 0 unspecified atom stereocenters. The minimum atomic E-state index is -0.405. The number of carbonyl (C=O) groups excluding carboxylic acids is 3. The molecule has 5 heteroatoms. The van der Waals surface area contributed by atoms with Gasteiger partial charge in [-0.1, -0.05) is 35.9 Å². The van der Waals surface area contributed by atoms with E-state index in [0.717, 1.165) is 0 Å². The molecular weight excluding hydrogens is 278 g/mol. The van der Waals surface area contributed by atoms with Gasteiger partial charge in [0.1, 0.15) is 0 Å². The number of Topliss-reactive ketones (excluding diaryl/α,β-unsaturated/α-hetero) is 2. The van der Waals surface area contributed by atoms with Crippen molar-refractivity contribution in [1.29, 1.82) is 0 Å². The highest BCUT2D eigenvalue weighted by Crippen LogP contribution is 2.29. The molecule has 0 aromatic heterocycles. The highest BCUT2D eigenvalue weighted by atomic mass is 35.5. The summed E-state index contributed by atoms with van der Waals surface area (Å²) in [6.07, 6.45) is 1.34. The Morgan fingerprint density at radius 1 is 1.15 bits per heavy atom. The van der Waals surface area contributed by atoms with Gasteiger partial charge < -0.3 is 5.32 Å². The number of ketones is 2. The third-order valence-corrected chi connectivity index (χ3v) is 3.42. The van der Waals surface area contributed by atoms with Crippen molar-refractivity contribution in [3.63, 3.8) is 0 Å². The molecule has 1 N–H and O–H groups in total. The number of fused-ring (bicyclic) bond motifs is 1. The lowest BCUT2D eigenvalue weighted by atomic mass is 9.88. The summed E-state index contributed by atoms with van der Waals surface area (Å²) >= 11 is 5.98. The van der Waals surface area contributed by atoms with Crippen molar-refractivity contribution < 1.29 is 14.4 Å². The van der Waals surface area contributed by atoms with E-state index in [9.17, 15) is 14.4 Å². The van der Waals surface area contributed by atoms with Crippen LogP contribution in [-0.4, -0.2) is 24.5 Å². The zero-order valence-electron chi connectivity index (χ0n) is 11.0. The molecule has 1 aliphatic rings. The number of hydrogen-bond donors (Lipinski definition) is 1. The Bertz CT molecular complexity index is 686. The summed E-state index contributed by atoms with van der Waals surface area (Å²) in [6.45, 7) is 1.55. The number of amides is 1. The van der Waals surface area contributed by atoms with Crippen LogP contribution in [-0.2, 0) is 4.79 Å². The Balaban J connectivity index is 2.56. The summed E-state index contributed by atoms with van der Waals surface area (Å²) in [7, 11) is 1.48. The second-order valence-electron chi connectivity index (χ2n) is 4.34. The van der Waals surface area contributed by atoms with Crippen LogP contribution in [0.3, 0.4) is 0 Å². The van der Waals surface area contributed by atoms with Crippen LogP contribution < -0.4 is 5.32 Å². The van der Waals surface area contributed by atoms with E-state index >= 15 is 0 Å². The number of rotatable bonds is 2. The van der Waals surface area contributed by atoms with Crippen molar-refractivity contribution >= 4 is 29.1 Å². The van der Waals surface area contributed by atoms with Gasteiger partial charge in [-0.2, -0.15) is 0 Å². The van der Waals surface area contributed by atoms with E-state index in [1.54, 1.807) is 31.2 Å². The van der Waals surface area contributed by atoms with Crippen LogP contribution in [0.25, 0.3) is 0 Å². The molecule has 0 atom stereocenters. The quantitative estimate of drug-likeness (QED) is 0.849. The first-order chi connectivity index (χ1) is 9.47. The summed E-state index contributed by atoms with van der Waals surface area (Å²) in [4.78, 5) is 36.0. The van der Waals surface area contributed by atoms with Gasteiger partial charge in [0.25, 0.3) is 0 Å². The molecule has 0 aliphatic heterocycles. The first-order valence-electron chi connectivity index (χ1n) is 5.96. The number of halogens is 1. The fourth-order valence-corrected chi connectivity index (χ4v) is 2.21. The van der Waals surface area contributed by atoms with Gasteiger partial charge in [0.15, 0.2) is 5.78 Å². The van der Waals surface area contributed by atoms with Gasteiger partial charge in [-0.15, -0.1) is 0 Å². The lowest BCUT2D eigenvalue weighted by molar-refractivity contribution is -0.116. The lowest BCUT2D eigenvalue weighted by Crippen LogP contribution is -2.22. The molecule has 0 fully saturated rings. The van der Waals surface area contributed by atoms with Crippen LogP contribution in [0.15, 0.2) is 46.5 Å². The van der Waals surface area contributed by atoms with Crippen LogP contribution in [0.5, 0.6) is 0 Å². The maximum atomic E-state index is 12.3. The molecular formula is C15H12ClNO3. The van der Waals surface area contributed by atoms with Gasteiger partial charge in [0.05, 0.1) is 5.03 Å². The molecule has 0 heterocycles. The van der Waals surface area contributed by atoms with Gasteiger partial charge in [-0.05, 0) is 13.0 Å². The van der Waals surface area contributed by atoms with Gasteiger partial charge in [-0.25, -0.2) is 0 Å². The molecule has 0 spiro atoms. The molecule has 1 amide bonds. The zero-order valence-corrected chi connectivity index (χ0v) is 11.7. The summed E-state index contributed by atoms with van der Waals surface area (Å²) in [5.41, 5.74) is 0.952. The fraction of sp³-hybridized carbons (Fsp3) is 0.133. The van der Waals surface area contributed by atoms with E-state index < -0.39 is 5.78 Å². The molecule has 1 aromatic carbocycles. The Kier molecular flexibility index (Phi) is 3.86. The van der Waals surface area contributed by atoms with E-state index in [2.05, 4.69) is 5.32 Å². The van der Waals surface area contributed by atoms with Crippen molar-refractivity contribution in [2.24, 2.45) is 0 Å². The van der Waals surface area contributed by atoms with Crippen LogP contribution >= 0.6 is 11.6 Å². The fourth-order valence-electron chi connectivity index (χ4n) is 1.97. The minimum absolute atomic E-state index is 0.0523. The molecule has 1 aliphatic carbocycles. The first-order valence-corrected chi connectivity index (χ1v) is 6.33. The maximum absolute atomic E-state index is 12.3. The average Bonchev–Trinajstić information content (AvgIpc) is 2.48. The number of carbonyl (C=O) groups is 3. The molecule has 102 valence electrons. The van der Waals surface area contributed by atoms with E-state index in [-0.39, 0.29) is 27.9 Å². The maximum Gasteiger partial charge on any atom is 0.246 e.